The molecule has 1 heterocycles. The molecule has 0 aliphatic carbocycles. The van der Waals surface area contributed by atoms with Crippen LogP contribution in [0.3, 0.4) is 0 Å². The highest BCUT2D eigenvalue weighted by Crippen LogP contribution is 2.07. The average Bonchev–Trinajstić information content (AvgIpc) is 2.46. The summed E-state index contributed by atoms with van der Waals surface area (Å²) in [6, 6.07) is 0.418. The largest absolute Gasteiger partial charge is 0.314 e. The van der Waals surface area contributed by atoms with E-state index in [0.717, 1.165) is 12.4 Å². The summed E-state index contributed by atoms with van der Waals surface area (Å²) in [7, 11) is 0. The molecule has 1 rings (SSSR count). The molecule has 4 nitrogen and oxygen atoms in total. The molecule has 0 saturated carbocycles. The molecule has 0 aromatic carbocycles. The van der Waals surface area contributed by atoms with Crippen LogP contribution >= 0.6 is 0 Å². The number of aromatic nitrogens is 3. The highest BCUT2D eigenvalue weighted by atomic mass is 15.3. The van der Waals surface area contributed by atoms with Gasteiger partial charge < -0.3 is 9.88 Å². The summed E-state index contributed by atoms with van der Waals surface area (Å²) in [5.41, 5.74) is 0.119. The van der Waals surface area contributed by atoms with Gasteiger partial charge in [-0.2, -0.15) is 0 Å². The van der Waals surface area contributed by atoms with E-state index >= 15 is 0 Å². The quantitative estimate of drug-likeness (QED) is 0.801. The molecule has 1 aromatic rings. The predicted molar refractivity (Wildman–Crippen MR) is 57.0 cm³/mol. The van der Waals surface area contributed by atoms with Gasteiger partial charge in [-0.15, -0.1) is 10.2 Å². The van der Waals surface area contributed by atoms with Gasteiger partial charge in [-0.25, -0.2) is 0 Å². The minimum atomic E-state index is 0.119. The zero-order chi connectivity index (χ0) is 10.8. The van der Waals surface area contributed by atoms with E-state index in [4.69, 9.17) is 0 Å². The van der Waals surface area contributed by atoms with Gasteiger partial charge in [0.25, 0.3) is 0 Å². The lowest BCUT2D eigenvalue weighted by Crippen LogP contribution is -2.36. The van der Waals surface area contributed by atoms with Crippen molar-refractivity contribution in [2.24, 2.45) is 0 Å². The van der Waals surface area contributed by atoms with Crippen LogP contribution < -0.4 is 5.32 Å². The van der Waals surface area contributed by atoms with Crippen molar-refractivity contribution in [3.63, 3.8) is 0 Å². The zero-order valence-electron chi connectivity index (χ0n) is 9.70. The van der Waals surface area contributed by atoms with E-state index in [-0.39, 0.29) is 5.54 Å². The Morgan fingerprint density at radius 1 is 1.43 bits per heavy atom. The first-order chi connectivity index (χ1) is 6.40. The standard InChI is InChI=1S/C10H20N4/c1-8(2)14-7-12-13-9(14)6-11-10(3,4)5/h7-8,11H,6H2,1-5H3. The number of rotatable bonds is 3. The number of nitrogens with zero attached hydrogens (tertiary/aromatic N) is 3. The maximum atomic E-state index is 4.09. The summed E-state index contributed by atoms with van der Waals surface area (Å²) in [4.78, 5) is 0. The Morgan fingerprint density at radius 2 is 2.07 bits per heavy atom. The molecule has 14 heavy (non-hydrogen) atoms. The molecule has 80 valence electrons. The van der Waals surface area contributed by atoms with Crippen LogP contribution in [0.25, 0.3) is 0 Å². The van der Waals surface area contributed by atoms with Crippen molar-refractivity contribution >= 4 is 0 Å². The van der Waals surface area contributed by atoms with E-state index in [1.54, 1.807) is 6.33 Å². The van der Waals surface area contributed by atoms with Gasteiger partial charge in [0.05, 0.1) is 6.54 Å². The lowest BCUT2D eigenvalue weighted by Gasteiger charge is -2.20. The third-order valence-electron chi connectivity index (χ3n) is 1.98. The fraction of sp³-hybridized carbons (Fsp3) is 0.800. The zero-order valence-corrected chi connectivity index (χ0v) is 9.70. The molecule has 0 fully saturated rings. The third kappa shape index (κ3) is 3.10. The van der Waals surface area contributed by atoms with Gasteiger partial charge in [-0.1, -0.05) is 0 Å². The second-order valence-corrected chi connectivity index (χ2v) is 4.85. The SMILES string of the molecule is CC(C)n1cnnc1CNC(C)(C)C. The van der Waals surface area contributed by atoms with Gasteiger partial charge in [-0.05, 0) is 34.6 Å². The topological polar surface area (TPSA) is 42.7 Å². The van der Waals surface area contributed by atoms with Crippen LogP contribution in [0.1, 0.15) is 46.5 Å². The first-order valence-corrected chi connectivity index (χ1v) is 5.03. The van der Waals surface area contributed by atoms with Crippen molar-refractivity contribution in [1.29, 1.82) is 0 Å². The van der Waals surface area contributed by atoms with E-state index in [2.05, 4.69) is 54.7 Å². The van der Waals surface area contributed by atoms with Crippen LogP contribution in [0, 0.1) is 0 Å². The minimum absolute atomic E-state index is 0.119. The molecule has 4 heteroatoms. The molecule has 0 aliphatic rings. The van der Waals surface area contributed by atoms with Gasteiger partial charge in [0.15, 0.2) is 0 Å². The van der Waals surface area contributed by atoms with Gasteiger partial charge in [0, 0.05) is 11.6 Å². The molecule has 0 radical (unpaired) electrons. The Morgan fingerprint density at radius 3 is 2.57 bits per heavy atom. The summed E-state index contributed by atoms with van der Waals surface area (Å²) in [5.74, 6) is 0.995. The molecular formula is C10H20N4. The van der Waals surface area contributed by atoms with Crippen molar-refractivity contribution in [3.05, 3.63) is 12.2 Å². The van der Waals surface area contributed by atoms with Crippen LogP contribution in [0.2, 0.25) is 0 Å². The van der Waals surface area contributed by atoms with E-state index < -0.39 is 0 Å². The molecular weight excluding hydrogens is 176 g/mol. The van der Waals surface area contributed by atoms with E-state index in [9.17, 15) is 0 Å². The van der Waals surface area contributed by atoms with Crippen LogP contribution in [0.5, 0.6) is 0 Å². The number of nitrogens with one attached hydrogen (secondary N) is 1. The van der Waals surface area contributed by atoms with E-state index in [1.807, 2.05) is 0 Å². The highest BCUT2D eigenvalue weighted by molar-refractivity contribution is 4.89. The maximum absolute atomic E-state index is 4.09. The smallest absolute Gasteiger partial charge is 0.147 e. The minimum Gasteiger partial charge on any atom is -0.314 e. The molecule has 0 aliphatic heterocycles. The van der Waals surface area contributed by atoms with Gasteiger partial charge in [-0.3, -0.25) is 0 Å². The summed E-state index contributed by atoms with van der Waals surface area (Å²) >= 11 is 0. The first-order valence-electron chi connectivity index (χ1n) is 5.03. The Bertz CT molecular complexity index is 283. The van der Waals surface area contributed by atoms with Crippen molar-refractivity contribution in [2.45, 2.75) is 52.7 Å². The molecule has 0 unspecified atom stereocenters. The summed E-state index contributed by atoms with van der Waals surface area (Å²) in [6.45, 7) is 11.4. The third-order valence-corrected chi connectivity index (χ3v) is 1.98. The molecule has 0 bridgehead atoms. The first kappa shape index (κ1) is 11.2. The fourth-order valence-electron chi connectivity index (χ4n) is 1.17. The van der Waals surface area contributed by atoms with Crippen molar-refractivity contribution in [3.8, 4) is 0 Å². The molecule has 1 N–H and O–H groups in total. The lowest BCUT2D eigenvalue weighted by molar-refractivity contribution is 0.407. The average molecular weight is 196 g/mol. The molecule has 1 aromatic heterocycles. The van der Waals surface area contributed by atoms with E-state index in [1.165, 1.54) is 0 Å². The van der Waals surface area contributed by atoms with Crippen molar-refractivity contribution < 1.29 is 0 Å². The van der Waals surface area contributed by atoms with Gasteiger partial charge >= 0.3 is 0 Å². The van der Waals surface area contributed by atoms with Gasteiger partial charge in [0.1, 0.15) is 12.2 Å². The second-order valence-electron chi connectivity index (χ2n) is 4.85. The number of hydrogen-bond acceptors (Lipinski definition) is 3. The molecule has 0 atom stereocenters. The Balaban J connectivity index is 2.63. The molecule has 0 saturated heterocycles. The lowest BCUT2D eigenvalue weighted by atomic mass is 10.1. The normalized spacial score (nSPS) is 12.4. The Kier molecular flexibility index (Phi) is 3.26. The fourth-order valence-corrected chi connectivity index (χ4v) is 1.17. The monoisotopic (exact) mass is 196 g/mol. The van der Waals surface area contributed by atoms with Crippen LogP contribution in [-0.2, 0) is 6.54 Å². The molecule has 0 spiro atoms. The number of hydrogen-bond donors (Lipinski definition) is 1. The van der Waals surface area contributed by atoms with Crippen molar-refractivity contribution in [2.75, 3.05) is 0 Å². The van der Waals surface area contributed by atoms with E-state index in [0.29, 0.717) is 6.04 Å². The summed E-state index contributed by atoms with van der Waals surface area (Å²) in [6.07, 6.45) is 1.78. The predicted octanol–water partition coefficient (Wildman–Crippen LogP) is 1.75. The van der Waals surface area contributed by atoms with Crippen LogP contribution in [0.4, 0.5) is 0 Å². The van der Waals surface area contributed by atoms with Crippen LogP contribution in [-0.4, -0.2) is 20.3 Å². The second kappa shape index (κ2) is 4.09. The Labute approximate surface area is 85.7 Å². The van der Waals surface area contributed by atoms with Crippen LogP contribution in [0.15, 0.2) is 6.33 Å². The Hall–Kier alpha value is -0.900. The maximum Gasteiger partial charge on any atom is 0.147 e. The van der Waals surface area contributed by atoms with Crippen molar-refractivity contribution in [1.82, 2.24) is 20.1 Å². The summed E-state index contributed by atoms with van der Waals surface area (Å²) < 4.78 is 2.08. The summed E-state index contributed by atoms with van der Waals surface area (Å²) in [5, 5.41) is 11.4. The molecule has 0 amide bonds. The highest BCUT2D eigenvalue weighted by Gasteiger charge is 2.12. The van der Waals surface area contributed by atoms with Gasteiger partial charge in [0.2, 0.25) is 0 Å².